The van der Waals surface area contributed by atoms with Crippen LogP contribution in [0.4, 0.5) is 5.82 Å². The van der Waals surface area contributed by atoms with Crippen molar-refractivity contribution in [1.82, 2.24) is 9.97 Å². The molecule has 5 nitrogen and oxygen atoms in total. The number of methoxy groups -OCH3 is 1. The second-order valence-electron chi connectivity index (χ2n) is 3.98. The van der Waals surface area contributed by atoms with Gasteiger partial charge in [0.15, 0.2) is 11.5 Å². The lowest BCUT2D eigenvalue weighted by atomic mass is 10.3. The first-order valence-corrected chi connectivity index (χ1v) is 6.08. The Morgan fingerprint density at radius 2 is 1.89 bits per heavy atom. The number of rotatable bonds is 5. The largest absolute Gasteiger partial charge is 0.493 e. The van der Waals surface area contributed by atoms with Gasteiger partial charge in [-0.05, 0) is 19.1 Å². The first-order valence-electron chi connectivity index (χ1n) is 6.08. The van der Waals surface area contributed by atoms with E-state index in [1.165, 1.54) is 6.33 Å². The van der Waals surface area contributed by atoms with E-state index in [0.717, 1.165) is 12.4 Å². The van der Waals surface area contributed by atoms with Gasteiger partial charge in [-0.25, -0.2) is 9.97 Å². The van der Waals surface area contributed by atoms with E-state index in [-0.39, 0.29) is 0 Å². The Morgan fingerprint density at radius 1 is 1.16 bits per heavy atom. The van der Waals surface area contributed by atoms with Gasteiger partial charge in [0.1, 0.15) is 12.1 Å². The number of hydrogen-bond acceptors (Lipinski definition) is 5. The maximum Gasteiger partial charge on any atom is 0.224 e. The van der Waals surface area contributed by atoms with Crippen molar-refractivity contribution < 1.29 is 9.47 Å². The molecule has 0 aliphatic rings. The number of para-hydroxylation sites is 2. The Hall–Kier alpha value is -2.30. The topological polar surface area (TPSA) is 47.5 Å². The standard InChI is InChI=1S/C14H17N3O2/c1-4-17(2)13-9-14(16-10-15-13)19-12-8-6-5-7-11(12)18-3/h5-10H,4H2,1-3H3. The van der Waals surface area contributed by atoms with Crippen LogP contribution >= 0.6 is 0 Å². The predicted molar refractivity (Wildman–Crippen MR) is 74.0 cm³/mol. The van der Waals surface area contributed by atoms with Gasteiger partial charge in [0.2, 0.25) is 5.88 Å². The molecule has 2 aromatic rings. The summed E-state index contributed by atoms with van der Waals surface area (Å²) in [5, 5.41) is 0. The van der Waals surface area contributed by atoms with Crippen LogP contribution in [-0.2, 0) is 0 Å². The summed E-state index contributed by atoms with van der Waals surface area (Å²) >= 11 is 0. The fourth-order valence-corrected chi connectivity index (χ4v) is 1.57. The van der Waals surface area contributed by atoms with E-state index < -0.39 is 0 Å². The summed E-state index contributed by atoms with van der Waals surface area (Å²) in [6.45, 7) is 2.92. The van der Waals surface area contributed by atoms with Crippen molar-refractivity contribution in [2.75, 3.05) is 25.6 Å². The third-order valence-corrected chi connectivity index (χ3v) is 2.78. The van der Waals surface area contributed by atoms with Crippen LogP contribution in [0.3, 0.4) is 0 Å². The van der Waals surface area contributed by atoms with E-state index in [0.29, 0.717) is 17.4 Å². The summed E-state index contributed by atoms with van der Waals surface area (Å²) in [4.78, 5) is 10.3. The molecule has 0 bridgehead atoms. The number of ether oxygens (including phenoxy) is 2. The minimum atomic E-state index is 0.495. The van der Waals surface area contributed by atoms with Gasteiger partial charge in [0.25, 0.3) is 0 Å². The molecule has 0 amide bonds. The molecule has 0 unspecified atom stereocenters. The molecule has 1 aromatic heterocycles. The average Bonchev–Trinajstić information content (AvgIpc) is 2.47. The molecule has 1 aromatic carbocycles. The summed E-state index contributed by atoms with van der Waals surface area (Å²) in [7, 11) is 3.58. The molecular weight excluding hydrogens is 242 g/mol. The lowest BCUT2D eigenvalue weighted by molar-refractivity contribution is 0.374. The van der Waals surface area contributed by atoms with E-state index in [1.54, 1.807) is 13.2 Å². The van der Waals surface area contributed by atoms with Crippen molar-refractivity contribution in [3.05, 3.63) is 36.7 Å². The second-order valence-corrected chi connectivity index (χ2v) is 3.98. The Balaban J connectivity index is 2.23. The molecule has 0 saturated carbocycles. The number of anilines is 1. The molecule has 19 heavy (non-hydrogen) atoms. The maximum absolute atomic E-state index is 5.73. The van der Waals surface area contributed by atoms with Gasteiger partial charge in [-0.3, -0.25) is 0 Å². The zero-order chi connectivity index (χ0) is 13.7. The first-order chi connectivity index (χ1) is 9.24. The van der Waals surface area contributed by atoms with Crippen molar-refractivity contribution >= 4 is 5.82 Å². The molecule has 0 radical (unpaired) electrons. The normalized spacial score (nSPS) is 10.1. The van der Waals surface area contributed by atoms with Crippen LogP contribution in [0.15, 0.2) is 36.7 Å². The van der Waals surface area contributed by atoms with Gasteiger partial charge in [-0.15, -0.1) is 0 Å². The molecule has 0 aliphatic heterocycles. The third-order valence-electron chi connectivity index (χ3n) is 2.78. The number of nitrogens with zero attached hydrogens (tertiary/aromatic N) is 3. The Morgan fingerprint density at radius 3 is 2.58 bits per heavy atom. The highest BCUT2D eigenvalue weighted by atomic mass is 16.5. The molecule has 2 rings (SSSR count). The summed E-state index contributed by atoms with van der Waals surface area (Å²) in [5.74, 6) is 2.62. The molecule has 100 valence electrons. The molecule has 0 N–H and O–H groups in total. The van der Waals surface area contributed by atoms with Crippen molar-refractivity contribution in [3.63, 3.8) is 0 Å². The number of benzene rings is 1. The summed E-state index contributed by atoms with van der Waals surface area (Å²) in [5.41, 5.74) is 0. The molecule has 0 aliphatic carbocycles. The van der Waals surface area contributed by atoms with Gasteiger partial charge < -0.3 is 14.4 Å². The first kappa shape index (κ1) is 13.1. The maximum atomic E-state index is 5.73. The molecular formula is C14H17N3O2. The number of hydrogen-bond donors (Lipinski definition) is 0. The van der Waals surface area contributed by atoms with Crippen LogP contribution in [0.2, 0.25) is 0 Å². The highest BCUT2D eigenvalue weighted by molar-refractivity contribution is 5.44. The monoisotopic (exact) mass is 259 g/mol. The SMILES string of the molecule is CCN(C)c1cc(Oc2ccccc2OC)ncn1. The van der Waals surface area contributed by atoms with Gasteiger partial charge in [0, 0.05) is 19.7 Å². The Labute approximate surface area is 112 Å². The number of aromatic nitrogens is 2. The van der Waals surface area contributed by atoms with E-state index in [1.807, 2.05) is 36.2 Å². The smallest absolute Gasteiger partial charge is 0.224 e. The van der Waals surface area contributed by atoms with Gasteiger partial charge in [0.05, 0.1) is 7.11 Å². The molecule has 5 heteroatoms. The fraction of sp³-hybridized carbons (Fsp3) is 0.286. The van der Waals surface area contributed by atoms with Crippen LogP contribution in [0.1, 0.15) is 6.92 Å². The van der Waals surface area contributed by atoms with E-state index in [9.17, 15) is 0 Å². The minimum Gasteiger partial charge on any atom is -0.493 e. The third kappa shape index (κ3) is 3.13. The van der Waals surface area contributed by atoms with Crippen LogP contribution in [0, 0.1) is 0 Å². The summed E-state index contributed by atoms with van der Waals surface area (Å²) in [6.07, 6.45) is 1.49. The van der Waals surface area contributed by atoms with Crippen molar-refractivity contribution in [2.45, 2.75) is 6.92 Å². The van der Waals surface area contributed by atoms with Crippen LogP contribution in [0.25, 0.3) is 0 Å². The van der Waals surface area contributed by atoms with E-state index in [2.05, 4.69) is 16.9 Å². The van der Waals surface area contributed by atoms with Gasteiger partial charge in [-0.2, -0.15) is 0 Å². The van der Waals surface area contributed by atoms with E-state index >= 15 is 0 Å². The average molecular weight is 259 g/mol. The molecule has 0 atom stereocenters. The van der Waals surface area contributed by atoms with Crippen LogP contribution < -0.4 is 14.4 Å². The van der Waals surface area contributed by atoms with Crippen molar-refractivity contribution in [2.24, 2.45) is 0 Å². The van der Waals surface area contributed by atoms with Gasteiger partial charge in [-0.1, -0.05) is 12.1 Å². The lowest BCUT2D eigenvalue weighted by Gasteiger charge is -2.16. The Bertz CT molecular complexity index is 546. The zero-order valence-corrected chi connectivity index (χ0v) is 11.3. The highest BCUT2D eigenvalue weighted by Gasteiger charge is 2.07. The van der Waals surface area contributed by atoms with Crippen molar-refractivity contribution in [3.8, 4) is 17.4 Å². The highest BCUT2D eigenvalue weighted by Crippen LogP contribution is 2.30. The lowest BCUT2D eigenvalue weighted by Crippen LogP contribution is -2.17. The predicted octanol–water partition coefficient (Wildman–Crippen LogP) is 2.73. The summed E-state index contributed by atoms with van der Waals surface area (Å²) in [6, 6.07) is 9.26. The van der Waals surface area contributed by atoms with E-state index in [4.69, 9.17) is 9.47 Å². The molecule has 0 saturated heterocycles. The summed E-state index contributed by atoms with van der Waals surface area (Å²) < 4.78 is 11.0. The van der Waals surface area contributed by atoms with Crippen LogP contribution in [-0.4, -0.2) is 30.7 Å². The van der Waals surface area contributed by atoms with Crippen LogP contribution in [0.5, 0.6) is 17.4 Å². The zero-order valence-electron chi connectivity index (χ0n) is 11.3. The fourth-order valence-electron chi connectivity index (χ4n) is 1.57. The second kappa shape index (κ2) is 6.04. The Kier molecular flexibility index (Phi) is 4.18. The molecule has 1 heterocycles. The van der Waals surface area contributed by atoms with Gasteiger partial charge >= 0.3 is 0 Å². The molecule has 0 spiro atoms. The van der Waals surface area contributed by atoms with Crippen molar-refractivity contribution in [1.29, 1.82) is 0 Å². The molecule has 0 fully saturated rings. The quantitative estimate of drug-likeness (QED) is 0.826. The minimum absolute atomic E-state index is 0.495.